The zero-order chi connectivity index (χ0) is 9.68. The van der Waals surface area contributed by atoms with Crippen molar-refractivity contribution in [3.63, 3.8) is 0 Å². The number of ether oxygens (including phenoxy) is 1. The van der Waals surface area contributed by atoms with Gasteiger partial charge in [-0.15, -0.1) is 0 Å². The van der Waals surface area contributed by atoms with Crippen LogP contribution in [0, 0.1) is 0 Å². The summed E-state index contributed by atoms with van der Waals surface area (Å²) in [4.78, 5) is 3.59. The first-order valence-electron chi connectivity index (χ1n) is 4.11. The fourth-order valence-corrected chi connectivity index (χ4v) is 1.33. The van der Waals surface area contributed by atoms with Gasteiger partial charge in [0.05, 0.1) is 6.10 Å². The quantitative estimate of drug-likeness (QED) is 0.441. The number of hydrogen-bond acceptors (Lipinski definition) is 4. The maximum atomic E-state index is 5.49. The van der Waals surface area contributed by atoms with Gasteiger partial charge in [0.1, 0.15) is 5.75 Å². The van der Waals surface area contributed by atoms with Crippen LogP contribution < -0.4 is 15.4 Å². The minimum atomic E-state index is 0.214. The van der Waals surface area contributed by atoms with Gasteiger partial charge in [-0.3, -0.25) is 5.84 Å². The molecule has 4 heteroatoms. The molecule has 72 valence electrons. The number of rotatable bonds is 4. The molecule has 1 aromatic carbocycles. The van der Waals surface area contributed by atoms with Crippen molar-refractivity contribution in [2.24, 2.45) is 5.84 Å². The molecule has 0 radical (unpaired) electrons. The number of nitrogens with one attached hydrogen (secondary N) is 1. The molecule has 0 saturated heterocycles. The summed E-state index contributed by atoms with van der Waals surface area (Å²) in [5, 5.41) is 0. The van der Waals surface area contributed by atoms with E-state index in [0.717, 1.165) is 10.6 Å². The Morgan fingerprint density at radius 2 is 1.92 bits per heavy atom. The molecule has 1 rings (SSSR count). The lowest BCUT2D eigenvalue weighted by atomic mass is 10.3. The molecule has 0 bridgehead atoms. The largest absolute Gasteiger partial charge is 0.491 e. The highest BCUT2D eigenvalue weighted by Gasteiger charge is 1.97. The zero-order valence-corrected chi connectivity index (χ0v) is 8.60. The van der Waals surface area contributed by atoms with E-state index in [9.17, 15) is 0 Å². The molecule has 0 aliphatic heterocycles. The minimum absolute atomic E-state index is 0.214. The minimum Gasteiger partial charge on any atom is -0.491 e. The van der Waals surface area contributed by atoms with Gasteiger partial charge in [0.2, 0.25) is 0 Å². The molecule has 3 nitrogen and oxygen atoms in total. The van der Waals surface area contributed by atoms with Gasteiger partial charge in [-0.1, -0.05) is 0 Å². The summed E-state index contributed by atoms with van der Waals surface area (Å²) in [5.41, 5.74) is 0. The Bertz CT molecular complexity index is 248. The molecular weight excluding hydrogens is 184 g/mol. The van der Waals surface area contributed by atoms with E-state index in [0.29, 0.717) is 0 Å². The van der Waals surface area contributed by atoms with Crippen LogP contribution in [0.3, 0.4) is 0 Å². The summed E-state index contributed by atoms with van der Waals surface area (Å²) in [5.74, 6) is 6.05. The third-order valence-corrected chi connectivity index (χ3v) is 2.00. The lowest BCUT2D eigenvalue weighted by Crippen LogP contribution is -2.11. The van der Waals surface area contributed by atoms with E-state index in [1.54, 1.807) is 0 Å². The van der Waals surface area contributed by atoms with E-state index in [1.807, 2.05) is 38.1 Å². The lowest BCUT2D eigenvalue weighted by Gasteiger charge is -2.09. The monoisotopic (exact) mass is 198 g/mol. The van der Waals surface area contributed by atoms with Gasteiger partial charge in [0.15, 0.2) is 0 Å². The second-order valence-corrected chi connectivity index (χ2v) is 3.77. The third kappa shape index (κ3) is 3.67. The highest BCUT2D eigenvalue weighted by molar-refractivity contribution is 7.97. The van der Waals surface area contributed by atoms with E-state index in [1.165, 1.54) is 11.9 Å². The van der Waals surface area contributed by atoms with Crippen molar-refractivity contribution in [2.45, 2.75) is 24.8 Å². The van der Waals surface area contributed by atoms with Gasteiger partial charge in [0.25, 0.3) is 0 Å². The Kier molecular flexibility index (Phi) is 4.08. The Balaban J connectivity index is 2.59. The SMILES string of the molecule is CC(C)Oc1ccc(SNN)cc1. The maximum Gasteiger partial charge on any atom is 0.119 e. The Morgan fingerprint density at radius 1 is 1.31 bits per heavy atom. The molecule has 3 N–H and O–H groups in total. The van der Waals surface area contributed by atoms with E-state index < -0.39 is 0 Å². The van der Waals surface area contributed by atoms with E-state index in [4.69, 9.17) is 10.6 Å². The van der Waals surface area contributed by atoms with Crippen molar-refractivity contribution in [3.8, 4) is 5.75 Å². The number of hydrogen-bond donors (Lipinski definition) is 2. The van der Waals surface area contributed by atoms with Crippen molar-refractivity contribution >= 4 is 11.9 Å². The first-order valence-corrected chi connectivity index (χ1v) is 4.93. The van der Waals surface area contributed by atoms with Gasteiger partial charge >= 0.3 is 0 Å². The van der Waals surface area contributed by atoms with Crippen LogP contribution in [-0.2, 0) is 0 Å². The summed E-state index contributed by atoms with van der Waals surface area (Å²) >= 11 is 1.38. The molecule has 0 aromatic heterocycles. The maximum absolute atomic E-state index is 5.49. The van der Waals surface area contributed by atoms with Crippen LogP contribution in [0.25, 0.3) is 0 Å². The summed E-state index contributed by atoms with van der Waals surface area (Å²) in [7, 11) is 0. The Labute approximate surface area is 82.8 Å². The third-order valence-electron chi connectivity index (χ3n) is 1.37. The van der Waals surface area contributed by atoms with Crippen LogP contribution in [0.15, 0.2) is 29.2 Å². The molecule has 0 amide bonds. The highest BCUT2D eigenvalue weighted by atomic mass is 32.2. The second kappa shape index (κ2) is 5.11. The molecule has 0 fully saturated rings. The molecule has 1 aromatic rings. The van der Waals surface area contributed by atoms with Crippen LogP contribution in [-0.4, -0.2) is 6.10 Å². The summed E-state index contributed by atoms with van der Waals surface area (Å²) in [6.45, 7) is 4.01. The first kappa shape index (κ1) is 10.4. The van der Waals surface area contributed by atoms with Crippen LogP contribution >= 0.6 is 11.9 Å². The number of nitrogens with two attached hydrogens (primary N) is 1. The van der Waals surface area contributed by atoms with Crippen molar-refractivity contribution in [1.29, 1.82) is 0 Å². The molecule has 0 atom stereocenters. The van der Waals surface area contributed by atoms with Gasteiger partial charge in [0, 0.05) is 4.90 Å². The topological polar surface area (TPSA) is 47.3 Å². The standard InChI is InChI=1S/C9H14N2OS/c1-7(2)12-8-3-5-9(6-4-8)13-11-10/h3-7,11H,10H2,1-2H3. The van der Waals surface area contributed by atoms with Crippen LogP contribution in [0.4, 0.5) is 0 Å². The smallest absolute Gasteiger partial charge is 0.119 e. The number of hydrazine groups is 1. The van der Waals surface area contributed by atoms with Crippen LogP contribution in [0.5, 0.6) is 5.75 Å². The molecule has 0 aliphatic carbocycles. The predicted molar refractivity (Wildman–Crippen MR) is 55.4 cm³/mol. The van der Waals surface area contributed by atoms with Crippen LogP contribution in [0.1, 0.15) is 13.8 Å². The lowest BCUT2D eigenvalue weighted by molar-refractivity contribution is 0.242. The molecule has 0 unspecified atom stereocenters. The van der Waals surface area contributed by atoms with Gasteiger partial charge in [-0.05, 0) is 50.1 Å². The van der Waals surface area contributed by atoms with Gasteiger partial charge in [-0.25, -0.2) is 0 Å². The Morgan fingerprint density at radius 3 is 2.38 bits per heavy atom. The van der Waals surface area contributed by atoms with Gasteiger partial charge < -0.3 is 4.74 Å². The molecule has 0 aliphatic rings. The van der Waals surface area contributed by atoms with E-state index >= 15 is 0 Å². The van der Waals surface area contributed by atoms with Gasteiger partial charge in [-0.2, -0.15) is 4.83 Å². The molecular formula is C9H14N2OS. The van der Waals surface area contributed by atoms with Crippen molar-refractivity contribution in [1.82, 2.24) is 4.83 Å². The summed E-state index contributed by atoms with van der Waals surface area (Å²) in [6, 6.07) is 7.78. The molecule has 13 heavy (non-hydrogen) atoms. The van der Waals surface area contributed by atoms with Crippen molar-refractivity contribution < 1.29 is 4.74 Å². The average Bonchev–Trinajstić information content (AvgIpc) is 2.08. The zero-order valence-electron chi connectivity index (χ0n) is 7.78. The van der Waals surface area contributed by atoms with E-state index in [2.05, 4.69) is 4.83 Å². The predicted octanol–water partition coefficient (Wildman–Crippen LogP) is 1.94. The average molecular weight is 198 g/mol. The van der Waals surface area contributed by atoms with Crippen molar-refractivity contribution in [3.05, 3.63) is 24.3 Å². The Hall–Kier alpha value is -0.710. The molecule has 0 heterocycles. The number of benzene rings is 1. The first-order chi connectivity index (χ1) is 6.22. The second-order valence-electron chi connectivity index (χ2n) is 2.86. The molecule has 0 saturated carbocycles. The summed E-state index contributed by atoms with van der Waals surface area (Å²) < 4.78 is 5.49. The van der Waals surface area contributed by atoms with Crippen molar-refractivity contribution in [2.75, 3.05) is 0 Å². The van der Waals surface area contributed by atoms with E-state index in [-0.39, 0.29) is 6.10 Å². The highest BCUT2D eigenvalue weighted by Crippen LogP contribution is 2.19. The normalized spacial score (nSPS) is 10.5. The fraction of sp³-hybridized carbons (Fsp3) is 0.333. The summed E-state index contributed by atoms with van der Waals surface area (Å²) in [6.07, 6.45) is 0.214. The fourth-order valence-electron chi connectivity index (χ4n) is 0.926. The molecule has 0 spiro atoms. The van der Waals surface area contributed by atoms with Crippen LogP contribution in [0.2, 0.25) is 0 Å².